The molecule has 0 aliphatic heterocycles. The maximum Gasteiger partial charge on any atom is 0.270 e. The molecule has 1 aromatic carbocycles. The number of carbonyl (C=O) groups is 1. The van der Waals surface area contributed by atoms with Crippen LogP contribution in [0.2, 0.25) is 0 Å². The molecule has 2 atom stereocenters. The Labute approximate surface area is 197 Å². The summed E-state index contributed by atoms with van der Waals surface area (Å²) in [5, 5.41) is 31.1. The van der Waals surface area contributed by atoms with Crippen LogP contribution in [0, 0.1) is 21.8 Å². The summed E-state index contributed by atoms with van der Waals surface area (Å²) < 4.78 is 16.5. The van der Waals surface area contributed by atoms with E-state index in [4.69, 9.17) is 0 Å². The van der Waals surface area contributed by atoms with Crippen LogP contribution < -0.4 is 5.32 Å². The van der Waals surface area contributed by atoms with E-state index in [1.807, 2.05) is 0 Å². The van der Waals surface area contributed by atoms with Crippen LogP contribution in [0.25, 0.3) is 0 Å². The van der Waals surface area contributed by atoms with Crippen molar-refractivity contribution < 1.29 is 19.2 Å². The van der Waals surface area contributed by atoms with Gasteiger partial charge in [0.1, 0.15) is 6.33 Å². The molecule has 2 heterocycles. The van der Waals surface area contributed by atoms with E-state index < -0.39 is 16.6 Å². The third-order valence-electron chi connectivity index (χ3n) is 6.60. The number of aromatic nitrogens is 4. The van der Waals surface area contributed by atoms with Gasteiger partial charge < -0.3 is 15.0 Å². The number of rotatable bonds is 8. The van der Waals surface area contributed by atoms with Gasteiger partial charge in [0.15, 0.2) is 16.8 Å². The van der Waals surface area contributed by atoms with Crippen molar-refractivity contribution in [3.05, 3.63) is 63.8 Å². The largest absolute Gasteiger partial charge is 0.395 e. The lowest BCUT2D eigenvalue weighted by atomic mass is 9.95. The third kappa shape index (κ3) is 4.03. The van der Waals surface area contributed by atoms with Crippen LogP contribution in [-0.2, 0) is 12.0 Å². The molecule has 2 aliphatic carbocycles. The summed E-state index contributed by atoms with van der Waals surface area (Å²) in [6.45, 7) is 0.107. The van der Waals surface area contributed by atoms with Crippen LogP contribution in [-0.4, -0.2) is 42.3 Å². The van der Waals surface area contributed by atoms with Gasteiger partial charge in [-0.1, -0.05) is 6.42 Å². The topological polar surface area (TPSA) is 136 Å². The number of non-ortho nitro benzene ring substituents is 1. The Kier molecular flexibility index (Phi) is 5.78. The van der Waals surface area contributed by atoms with Crippen LogP contribution in [0.15, 0.2) is 46.8 Å². The van der Waals surface area contributed by atoms with E-state index in [9.17, 15) is 24.4 Å². The summed E-state index contributed by atoms with van der Waals surface area (Å²) in [5.41, 5.74) is 0.584. The van der Waals surface area contributed by atoms with E-state index in [1.54, 1.807) is 10.8 Å². The molecule has 176 valence electrons. The lowest BCUT2D eigenvalue weighted by Crippen LogP contribution is -2.16. The van der Waals surface area contributed by atoms with Crippen LogP contribution in [0.3, 0.4) is 0 Å². The Morgan fingerprint density at radius 3 is 2.94 bits per heavy atom. The van der Waals surface area contributed by atoms with Gasteiger partial charge in [-0.2, -0.15) is 0 Å². The monoisotopic (exact) mass is 484 g/mol. The molecule has 3 aromatic rings. The van der Waals surface area contributed by atoms with Crippen molar-refractivity contribution in [1.82, 2.24) is 19.7 Å². The van der Waals surface area contributed by atoms with Crippen LogP contribution in [0.1, 0.15) is 41.6 Å². The highest BCUT2D eigenvalue weighted by molar-refractivity contribution is 7.99. The van der Waals surface area contributed by atoms with Crippen LogP contribution in [0.5, 0.6) is 0 Å². The van der Waals surface area contributed by atoms with Crippen molar-refractivity contribution in [2.24, 2.45) is 5.92 Å². The number of nitro benzene ring substituents is 1. The number of aliphatic hydroxyl groups excluding tert-OH is 1. The Bertz CT molecular complexity index is 1280. The number of nitro groups is 1. The molecule has 0 spiro atoms. The number of nitrogens with one attached hydrogen (secondary N) is 1. The summed E-state index contributed by atoms with van der Waals surface area (Å²) in [6, 6.07) is 5.26. The van der Waals surface area contributed by atoms with Crippen LogP contribution >= 0.6 is 11.8 Å². The highest BCUT2D eigenvalue weighted by Gasteiger charge is 2.57. The summed E-state index contributed by atoms with van der Waals surface area (Å²) in [6.07, 6.45) is 7.40. The standard InChI is InChI=1S/C22H21FN6O4S/c23-17-8-14(22-5-1-2-13(22)10-22)11-24-19(17)26-20(31)16-9-15(29(32)33)3-4-18(16)34-21-27-25-12-28(21)6-7-30/h3-4,8-9,11-13,30H,1-2,5-7,10H2,(H,24,26,31). The first-order valence-corrected chi connectivity index (χ1v) is 11.7. The number of amides is 1. The Hall–Kier alpha value is -3.38. The van der Waals surface area contributed by atoms with Gasteiger partial charge in [-0.05, 0) is 54.6 Å². The summed E-state index contributed by atoms with van der Waals surface area (Å²) in [4.78, 5) is 28.3. The van der Waals surface area contributed by atoms with Gasteiger partial charge in [-0.3, -0.25) is 14.9 Å². The smallest absolute Gasteiger partial charge is 0.270 e. The lowest BCUT2D eigenvalue weighted by Gasteiger charge is -2.14. The van der Waals surface area contributed by atoms with Crippen molar-refractivity contribution in [2.75, 3.05) is 11.9 Å². The summed E-state index contributed by atoms with van der Waals surface area (Å²) in [7, 11) is 0. The third-order valence-corrected chi connectivity index (χ3v) is 7.67. The summed E-state index contributed by atoms with van der Waals surface area (Å²) in [5.74, 6) is -1.01. The number of benzene rings is 1. The highest BCUT2D eigenvalue weighted by atomic mass is 32.2. The maximum atomic E-state index is 14.9. The number of hydrogen-bond acceptors (Lipinski definition) is 8. The predicted octanol–water partition coefficient (Wildman–Crippen LogP) is 3.56. The zero-order valence-corrected chi connectivity index (χ0v) is 18.8. The minimum Gasteiger partial charge on any atom is -0.395 e. The van der Waals surface area contributed by atoms with E-state index in [-0.39, 0.29) is 35.6 Å². The molecule has 2 aromatic heterocycles. The van der Waals surface area contributed by atoms with Gasteiger partial charge in [-0.15, -0.1) is 10.2 Å². The molecule has 0 radical (unpaired) electrons. The second-order valence-corrected chi connectivity index (χ2v) is 9.54. The van der Waals surface area contributed by atoms with Gasteiger partial charge in [0.2, 0.25) is 0 Å². The lowest BCUT2D eigenvalue weighted by molar-refractivity contribution is -0.384. The van der Waals surface area contributed by atoms with E-state index in [1.165, 1.54) is 24.5 Å². The summed E-state index contributed by atoms with van der Waals surface area (Å²) >= 11 is 1.06. The van der Waals surface area contributed by atoms with Crippen molar-refractivity contribution in [1.29, 1.82) is 0 Å². The zero-order chi connectivity index (χ0) is 23.9. The second-order valence-electron chi connectivity index (χ2n) is 8.53. The molecular formula is C22H21FN6O4S. The first-order valence-electron chi connectivity index (χ1n) is 10.8. The SMILES string of the molecule is O=C(Nc1ncc(C23CCCC2C3)cc1F)c1cc([N+](=O)[O-])ccc1Sc1nncn1CCO. The minimum atomic E-state index is -0.734. The average molecular weight is 485 g/mol. The van der Waals surface area contributed by atoms with E-state index in [2.05, 4.69) is 20.5 Å². The molecule has 2 aliphatic rings. The molecule has 0 bridgehead atoms. The maximum absolute atomic E-state index is 14.9. The Morgan fingerprint density at radius 2 is 2.26 bits per heavy atom. The molecule has 2 saturated carbocycles. The molecule has 2 unspecified atom stereocenters. The predicted molar refractivity (Wildman–Crippen MR) is 120 cm³/mol. The van der Waals surface area contributed by atoms with Crippen molar-refractivity contribution in [2.45, 2.75) is 47.7 Å². The van der Waals surface area contributed by atoms with Gasteiger partial charge >= 0.3 is 0 Å². The number of nitrogens with zero attached hydrogens (tertiary/aromatic N) is 5. The Morgan fingerprint density at radius 1 is 1.41 bits per heavy atom. The van der Waals surface area contributed by atoms with E-state index in [0.29, 0.717) is 16.0 Å². The molecule has 2 N–H and O–H groups in total. The molecule has 5 rings (SSSR count). The Balaban J connectivity index is 1.41. The number of fused-ring (bicyclic) bond motifs is 1. The fourth-order valence-corrected chi connectivity index (χ4v) is 5.72. The minimum absolute atomic E-state index is 0.0281. The molecule has 12 heteroatoms. The number of anilines is 1. The molecule has 1 amide bonds. The number of hydrogen-bond donors (Lipinski definition) is 2. The first kappa shape index (κ1) is 22.4. The van der Waals surface area contributed by atoms with E-state index in [0.717, 1.165) is 49.1 Å². The molecule has 10 nitrogen and oxygen atoms in total. The van der Waals surface area contributed by atoms with Gasteiger partial charge in [0.25, 0.3) is 11.6 Å². The van der Waals surface area contributed by atoms with Crippen molar-refractivity contribution >= 4 is 29.2 Å². The highest BCUT2D eigenvalue weighted by Crippen LogP contribution is 2.64. The molecular weight excluding hydrogens is 463 g/mol. The van der Waals surface area contributed by atoms with Crippen molar-refractivity contribution in [3.8, 4) is 0 Å². The van der Waals surface area contributed by atoms with Gasteiger partial charge in [-0.25, -0.2) is 9.37 Å². The molecule has 2 fully saturated rings. The average Bonchev–Trinajstić information content (AvgIpc) is 3.12. The number of aliphatic hydroxyl groups is 1. The van der Waals surface area contributed by atoms with Crippen molar-refractivity contribution in [3.63, 3.8) is 0 Å². The van der Waals surface area contributed by atoms with Gasteiger partial charge in [0, 0.05) is 35.2 Å². The fourth-order valence-electron chi connectivity index (χ4n) is 4.79. The number of carbonyl (C=O) groups excluding carboxylic acids is 1. The molecule has 34 heavy (non-hydrogen) atoms. The van der Waals surface area contributed by atoms with Gasteiger partial charge in [0.05, 0.1) is 17.1 Å². The zero-order valence-electron chi connectivity index (χ0n) is 18.0. The number of halogens is 1. The second kappa shape index (κ2) is 8.76. The number of pyridine rings is 1. The molecule has 0 saturated heterocycles. The normalized spacial score (nSPS) is 20.7. The van der Waals surface area contributed by atoms with E-state index >= 15 is 0 Å². The quantitative estimate of drug-likeness (QED) is 0.366. The first-order chi connectivity index (χ1) is 16.4. The van der Waals surface area contributed by atoms with Crippen LogP contribution in [0.4, 0.5) is 15.9 Å². The fraction of sp³-hybridized carbons (Fsp3) is 0.364.